The van der Waals surface area contributed by atoms with Crippen LogP contribution in [0.1, 0.15) is 23.1 Å². The van der Waals surface area contributed by atoms with Crippen LogP contribution in [0.25, 0.3) is 0 Å². The molecule has 1 N–H and O–H groups in total. The number of likely N-dealkylation sites (tertiary alicyclic amines) is 1. The monoisotopic (exact) mass is 411 g/mol. The second kappa shape index (κ2) is 8.70. The average Bonchev–Trinajstić information content (AvgIpc) is 3.13. The van der Waals surface area contributed by atoms with E-state index in [0.29, 0.717) is 6.42 Å². The highest BCUT2D eigenvalue weighted by molar-refractivity contribution is 5.93. The number of carboxylic acids is 1. The summed E-state index contributed by atoms with van der Waals surface area (Å²) in [5.41, 5.74) is 1.83. The summed E-state index contributed by atoms with van der Waals surface area (Å²) in [6, 6.07) is 28.6. The smallest absolute Gasteiger partial charge is 0.321 e. The fourth-order valence-corrected chi connectivity index (χ4v) is 4.88. The van der Waals surface area contributed by atoms with Crippen LogP contribution in [-0.2, 0) is 15.1 Å². The molecule has 2 unspecified atom stereocenters. The molecule has 1 heterocycles. The average molecular weight is 412 g/mol. The van der Waals surface area contributed by atoms with Crippen molar-refractivity contribution < 1.29 is 14.7 Å². The molecule has 4 heteroatoms. The molecule has 3 aromatic carbocycles. The minimum Gasteiger partial charge on any atom is -0.480 e. The predicted octanol–water partition coefficient (Wildman–Crippen LogP) is 4.51. The predicted molar refractivity (Wildman–Crippen MR) is 121 cm³/mol. The molecule has 1 aliphatic heterocycles. The Morgan fingerprint density at radius 1 is 0.903 bits per heavy atom. The van der Waals surface area contributed by atoms with Crippen LogP contribution in [-0.4, -0.2) is 34.3 Å². The van der Waals surface area contributed by atoms with E-state index >= 15 is 0 Å². The van der Waals surface area contributed by atoms with Crippen molar-refractivity contribution in [2.24, 2.45) is 5.92 Å². The van der Waals surface area contributed by atoms with Crippen LogP contribution in [0.3, 0.4) is 0 Å². The van der Waals surface area contributed by atoms with E-state index < -0.39 is 23.5 Å². The number of carbonyl (C=O) groups excluding carboxylic acids is 1. The third kappa shape index (κ3) is 3.49. The van der Waals surface area contributed by atoms with Crippen molar-refractivity contribution in [3.63, 3.8) is 0 Å². The van der Waals surface area contributed by atoms with Crippen molar-refractivity contribution in [3.8, 4) is 0 Å². The quantitative estimate of drug-likeness (QED) is 0.459. The summed E-state index contributed by atoms with van der Waals surface area (Å²) in [5, 5.41) is 10.3. The van der Waals surface area contributed by atoms with Crippen molar-refractivity contribution in [1.82, 2.24) is 4.90 Å². The molecular formula is C27H25NO3. The van der Waals surface area contributed by atoms with Gasteiger partial charge in [-0.3, -0.25) is 14.5 Å². The van der Waals surface area contributed by atoms with Crippen molar-refractivity contribution in [3.05, 3.63) is 120 Å². The second-order valence-corrected chi connectivity index (χ2v) is 7.82. The first kappa shape index (κ1) is 20.8. The van der Waals surface area contributed by atoms with E-state index in [4.69, 9.17) is 0 Å². The molecule has 156 valence electrons. The highest BCUT2D eigenvalue weighted by atomic mass is 16.4. The van der Waals surface area contributed by atoms with Crippen LogP contribution < -0.4 is 0 Å². The van der Waals surface area contributed by atoms with E-state index in [0.717, 1.165) is 16.7 Å². The molecule has 0 saturated carbocycles. The number of hydrogen-bond acceptors (Lipinski definition) is 3. The number of ketones is 1. The van der Waals surface area contributed by atoms with Gasteiger partial charge in [-0.05, 0) is 23.1 Å². The zero-order valence-corrected chi connectivity index (χ0v) is 17.2. The molecule has 0 spiro atoms. The molecule has 0 bridgehead atoms. The van der Waals surface area contributed by atoms with Crippen LogP contribution in [0.4, 0.5) is 0 Å². The molecule has 0 aromatic heterocycles. The SMILES string of the molecule is C=CCC1C(=O)CN(C(c2ccccc2)(c2ccccc2)c2ccccc2)C1C(=O)O. The first-order chi connectivity index (χ1) is 15.1. The molecule has 1 fully saturated rings. The van der Waals surface area contributed by atoms with Crippen molar-refractivity contribution in [1.29, 1.82) is 0 Å². The number of benzene rings is 3. The van der Waals surface area contributed by atoms with E-state index in [1.165, 1.54) is 0 Å². The van der Waals surface area contributed by atoms with E-state index in [9.17, 15) is 14.7 Å². The van der Waals surface area contributed by atoms with Crippen LogP contribution in [0.2, 0.25) is 0 Å². The molecule has 4 rings (SSSR count). The lowest BCUT2D eigenvalue weighted by molar-refractivity contribution is -0.145. The largest absolute Gasteiger partial charge is 0.480 e. The van der Waals surface area contributed by atoms with Gasteiger partial charge in [0.15, 0.2) is 5.78 Å². The van der Waals surface area contributed by atoms with Gasteiger partial charge in [-0.25, -0.2) is 0 Å². The molecule has 31 heavy (non-hydrogen) atoms. The number of Topliss-reactive ketones (excluding diaryl/α,β-unsaturated/α-hetero) is 1. The summed E-state index contributed by atoms with van der Waals surface area (Å²) >= 11 is 0. The van der Waals surface area contributed by atoms with Crippen LogP contribution >= 0.6 is 0 Å². The van der Waals surface area contributed by atoms with E-state index in [2.05, 4.69) is 6.58 Å². The fourth-order valence-electron chi connectivity index (χ4n) is 4.88. The van der Waals surface area contributed by atoms with Crippen LogP contribution in [0.5, 0.6) is 0 Å². The van der Waals surface area contributed by atoms with Gasteiger partial charge in [0, 0.05) is 5.92 Å². The Balaban J connectivity index is 2.06. The Morgan fingerprint density at radius 2 is 1.32 bits per heavy atom. The molecule has 0 aliphatic carbocycles. The van der Waals surface area contributed by atoms with Crippen LogP contribution in [0.15, 0.2) is 104 Å². The Kier molecular flexibility index (Phi) is 5.83. The van der Waals surface area contributed by atoms with Crippen LogP contribution in [0, 0.1) is 5.92 Å². The van der Waals surface area contributed by atoms with E-state index in [-0.39, 0.29) is 12.3 Å². The summed E-state index contributed by atoms with van der Waals surface area (Å²) in [7, 11) is 0. The molecule has 1 saturated heterocycles. The van der Waals surface area contributed by atoms with Gasteiger partial charge >= 0.3 is 5.97 Å². The standard InChI is InChI=1S/C27H25NO3/c1-2-12-23-24(29)19-28(25(23)26(30)31)27(20-13-6-3-7-14-20,21-15-8-4-9-16-21)22-17-10-5-11-18-22/h2-11,13-18,23,25H,1,12,19H2,(H,30,31). The van der Waals surface area contributed by atoms with Gasteiger partial charge < -0.3 is 5.11 Å². The normalized spacial score (nSPS) is 19.3. The summed E-state index contributed by atoms with van der Waals surface area (Å²) in [4.78, 5) is 27.5. The van der Waals surface area contributed by atoms with Gasteiger partial charge in [-0.2, -0.15) is 0 Å². The highest BCUT2D eigenvalue weighted by Gasteiger charge is 2.55. The third-order valence-electron chi connectivity index (χ3n) is 6.14. The minimum atomic E-state index is -0.995. The van der Waals surface area contributed by atoms with Gasteiger partial charge in [0.25, 0.3) is 0 Å². The number of carbonyl (C=O) groups is 2. The Bertz CT molecular complexity index is 967. The maximum absolute atomic E-state index is 13.1. The van der Waals surface area contributed by atoms with Crippen molar-refractivity contribution in [2.75, 3.05) is 6.54 Å². The number of nitrogens with zero attached hydrogens (tertiary/aromatic N) is 1. The molecule has 4 nitrogen and oxygen atoms in total. The molecular weight excluding hydrogens is 386 g/mol. The molecule has 0 amide bonds. The third-order valence-corrected chi connectivity index (χ3v) is 6.14. The molecule has 2 atom stereocenters. The number of aliphatic carboxylic acids is 1. The molecule has 1 aliphatic rings. The zero-order chi connectivity index (χ0) is 21.8. The van der Waals surface area contributed by atoms with Crippen molar-refractivity contribution in [2.45, 2.75) is 18.0 Å². The van der Waals surface area contributed by atoms with Gasteiger partial charge in [0.1, 0.15) is 6.04 Å². The highest BCUT2D eigenvalue weighted by Crippen LogP contribution is 2.46. The second-order valence-electron chi connectivity index (χ2n) is 7.82. The van der Waals surface area contributed by atoms with E-state index in [1.54, 1.807) is 6.08 Å². The Hall–Kier alpha value is -3.50. The maximum atomic E-state index is 13.1. The fraction of sp³-hybridized carbons (Fsp3) is 0.185. The first-order valence-electron chi connectivity index (χ1n) is 10.4. The summed E-state index contributed by atoms with van der Waals surface area (Å²) < 4.78 is 0. The maximum Gasteiger partial charge on any atom is 0.321 e. The molecule has 0 radical (unpaired) electrons. The summed E-state index contributed by atoms with van der Waals surface area (Å²) in [6.45, 7) is 3.80. The first-order valence-corrected chi connectivity index (χ1v) is 10.4. The lowest BCUT2D eigenvalue weighted by atomic mass is 9.75. The summed E-state index contributed by atoms with van der Waals surface area (Å²) in [6.07, 6.45) is 1.97. The Labute approximate surface area is 182 Å². The topological polar surface area (TPSA) is 57.6 Å². The Morgan fingerprint density at radius 3 is 1.68 bits per heavy atom. The number of hydrogen-bond donors (Lipinski definition) is 1. The van der Waals surface area contributed by atoms with E-state index in [1.807, 2.05) is 95.9 Å². The lowest BCUT2D eigenvalue weighted by Gasteiger charge is -2.45. The number of allylic oxidation sites excluding steroid dienone is 1. The number of carboxylic acid groups (broad SMARTS) is 1. The minimum absolute atomic E-state index is 0.0498. The summed E-state index contributed by atoms with van der Waals surface area (Å²) in [5.74, 6) is -1.70. The van der Waals surface area contributed by atoms with Gasteiger partial charge in [0.2, 0.25) is 0 Å². The van der Waals surface area contributed by atoms with Gasteiger partial charge in [-0.15, -0.1) is 6.58 Å². The van der Waals surface area contributed by atoms with Gasteiger partial charge in [-0.1, -0.05) is 97.1 Å². The lowest BCUT2D eigenvalue weighted by Crippen LogP contribution is -2.54. The number of rotatable bonds is 7. The van der Waals surface area contributed by atoms with Crippen molar-refractivity contribution >= 4 is 11.8 Å². The zero-order valence-electron chi connectivity index (χ0n) is 17.2. The van der Waals surface area contributed by atoms with Gasteiger partial charge in [0.05, 0.1) is 12.1 Å². The molecule has 3 aromatic rings.